The molecule has 0 bridgehead atoms. The van der Waals surface area contributed by atoms with Gasteiger partial charge in [-0.05, 0) is 41.5 Å². The van der Waals surface area contributed by atoms with Gasteiger partial charge in [-0.15, -0.1) is 5.10 Å². The van der Waals surface area contributed by atoms with Crippen LogP contribution < -0.4 is 15.0 Å². The standard InChI is InChI=1S/C25H19F4N5O4S/c1-38-22-11-16(15-9-18(27)25(29)19(28)10-15)17(26)12-21(22)34-20-6-8-33(13-14(20)4-5-24(34)35)39(36,37)32-23-3-2-7-30-31-23/h2-5,7,9-12H,6,8,13H2,1H3,(H,31,32). The van der Waals surface area contributed by atoms with Gasteiger partial charge in [-0.2, -0.15) is 17.8 Å². The predicted molar refractivity (Wildman–Crippen MR) is 133 cm³/mol. The van der Waals surface area contributed by atoms with Gasteiger partial charge in [-0.3, -0.25) is 14.1 Å². The van der Waals surface area contributed by atoms with Gasteiger partial charge in [-0.1, -0.05) is 6.07 Å². The van der Waals surface area contributed by atoms with Gasteiger partial charge in [0.15, 0.2) is 23.3 Å². The molecule has 14 heteroatoms. The van der Waals surface area contributed by atoms with E-state index in [9.17, 15) is 26.4 Å². The molecule has 202 valence electrons. The number of pyridine rings is 1. The van der Waals surface area contributed by atoms with Crippen LogP contribution in [0.1, 0.15) is 11.3 Å². The minimum Gasteiger partial charge on any atom is -0.495 e. The molecular formula is C25H19F4N5O4S. The first-order valence-electron chi connectivity index (χ1n) is 11.4. The van der Waals surface area contributed by atoms with E-state index in [4.69, 9.17) is 4.74 Å². The molecule has 2 aromatic carbocycles. The average Bonchev–Trinajstić information content (AvgIpc) is 2.91. The number of halogens is 4. The van der Waals surface area contributed by atoms with Gasteiger partial charge < -0.3 is 4.74 Å². The lowest BCUT2D eigenvalue weighted by atomic mass is 10.0. The Balaban J connectivity index is 1.54. The number of hydrogen-bond acceptors (Lipinski definition) is 6. The molecule has 0 spiro atoms. The molecule has 0 atom stereocenters. The van der Waals surface area contributed by atoms with Crippen LogP contribution in [0.4, 0.5) is 23.4 Å². The summed E-state index contributed by atoms with van der Waals surface area (Å²) in [5.74, 6) is -5.59. The van der Waals surface area contributed by atoms with Gasteiger partial charge in [0, 0.05) is 49.1 Å². The van der Waals surface area contributed by atoms with E-state index in [-0.39, 0.29) is 47.9 Å². The highest BCUT2D eigenvalue weighted by Crippen LogP contribution is 2.35. The van der Waals surface area contributed by atoms with E-state index in [2.05, 4.69) is 14.9 Å². The van der Waals surface area contributed by atoms with Crippen LogP contribution in [0.25, 0.3) is 16.8 Å². The van der Waals surface area contributed by atoms with Gasteiger partial charge in [0.05, 0.1) is 12.8 Å². The Bertz CT molecular complexity index is 1730. The molecule has 0 amide bonds. The van der Waals surface area contributed by atoms with Crippen molar-refractivity contribution in [3.05, 3.63) is 99.6 Å². The number of hydrogen-bond donors (Lipinski definition) is 1. The van der Waals surface area contributed by atoms with Crippen molar-refractivity contribution < 1.29 is 30.7 Å². The van der Waals surface area contributed by atoms with Crippen LogP contribution in [-0.4, -0.2) is 41.1 Å². The SMILES string of the molecule is COc1cc(-c2cc(F)c(F)c(F)c2)c(F)cc1-n1c2c(ccc1=O)CN(S(=O)(=O)Nc1cccnn1)CC2. The van der Waals surface area contributed by atoms with Crippen molar-refractivity contribution in [1.82, 2.24) is 19.1 Å². The number of ether oxygens (including phenoxy) is 1. The molecule has 1 aliphatic heterocycles. The molecule has 9 nitrogen and oxygen atoms in total. The molecule has 5 rings (SSSR count). The molecule has 3 heterocycles. The molecule has 0 fully saturated rings. The van der Waals surface area contributed by atoms with Crippen molar-refractivity contribution in [1.29, 1.82) is 0 Å². The highest BCUT2D eigenvalue weighted by molar-refractivity contribution is 7.90. The minimum atomic E-state index is -4.01. The third-order valence-corrected chi connectivity index (χ3v) is 7.64. The highest BCUT2D eigenvalue weighted by Gasteiger charge is 2.30. The molecule has 0 saturated heterocycles. The Labute approximate surface area is 219 Å². The number of rotatable bonds is 6. The fourth-order valence-corrected chi connectivity index (χ4v) is 5.51. The van der Waals surface area contributed by atoms with E-state index in [0.29, 0.717) is 23.4 Å². The second kappa shape index (κ2) is 10.1. The summed E-state index contributed by atoms with van der Waals surface area (Å²) in [4.78, 5) is 13.0. The fraction of sp³-hybridized carbons (Fsp3) is 0.160. The monoisotopic (exact) mass is 561 g/mol. The van der Waals surface area contributed by atoms with Crippen LogP contribution in [0, 0.1) is 23.3 Å². The first-order chi connectivity index (χ1) is 18.6. The molecule has 4 aromatic rings. The molecule has 0 radical (unpaired) electrons. The van der Waals surface area contributed by atoms with Gasteiger partial charge in [0.2, 0.25) is 0 Å². The number of nitrogens with one attached hydrogen (secondary N) is 1. The lowest BCUT2D eigenvalue weighted by Crippen LogP contribution is -2.41. The summed E-state index contributed by atoms with van der Waals surface area (Å²) >= 11 is 0. The van der Waals surface area contributed by atoms with Crippen molar-refractivity contribution in [2.45, 2.75) is 13.0 Å². The normalized spacial score (nSPS) is 13.7. The molecular weight excluding hydrogens is 542 g/mol. The molecule has 0 saturated carbocycles. The molecule has 39 heavy (non-hydrogen) atoms. The number of fused-ring (bicyclic) bond motifs is 1. The van der Waals surface area contributed by atoms with E-state index >= 15 is 4.39 Å². The lowest BCUT2D eigenvalue weighted by molar-refractivity contribution is 0.385. The van der Waals surface area contributed by atoms with Crippen LogP contribution >= 0.6 is 0 Å². The first kappa shape index (κ1) is 26.3. The Hall–Kier alpha value is -4.30. The molecule has 1 aliphatic rings. The van der Waals surface area contributed by atoms with Crippen LogP contribution in [0.5, 0.6) is 5.75 Å². The maximum absolute atomic E-state index is 15.3. The second-order valence-corrected chi connectivity index (χ2v) is 10.2. The third kappa shape index (κ3) is 4.95. The van der Waals surface area contributed by atoms with Crippen molar-refractivity contribution in [2.75, 3.05) is 18.4 Å². The van der Waals surface area contributed by atoms with Gasteiger partial charge >= 0.3 is 10.2 Å². The smallest absolute Gasteiger partial charge is 0.303 e. The second-order valence-electron chi connectivity index (χ2n) is 8.54. The minimum absolute atomic E-state index is 0.00218. The van der Waals surface area contributed by atoms with Crippen molar-refractivity contribution in [3.8, 4) is 22.6 Å². The maximum atomic E-state index is 15.3. The number of benzene rings is 2. The number of methoxy groups -OCH3 is 1. The summed E-state index contributed by atoms with van der Waals surface area (Å²) in [5, 5.41) is 7.35. The van der Waals surface area contributed by atoms with Crippen LogP contribution in [0.2, 0.25) is 0 Å². The molecule has 0 aliphatic carbocycles. The third-order valence-electron chi connectivity index (χ3n) is 6.18. The van der Waals surface area contributed by atoms with Gasteiger partial charge in [0.25, 0.3) is 5.56 Å². The summed E-state index contributed by atoms with van der Waals surface area (Å²) in [7, 11) is -2.75. The Morgan fingerprint density at radius 2 is 1.74 bits per heavy atom. The van der Waals surface area contributed by atoms with E-state index in [0.717, 1.165) is 16.4 Å². The molecule has 1 N–H and O–H groups in total. The van der Waals surface area contributed by atoms with E-state index < -0.39 is 39.0 Å². The van der Waals surface area contributed by atoms with E-state index in [1.807, 2.05) is 0 Å². The quantitative estimate of drug-likeness (QED) is 0.285. The van der Waals surface area contributed by atoms with Crippen LogP contribution in [0.15, 0.2) is 59.5 Å². The first-order valence-corrected chi connectivity index (χ1v) is 12.9. The Morgan fingerprint density at radius 1 is 1.00 bits per heavy atom. The predicted octanol–water partition coefficient (Wildman–Crippen LogP) is 3.57. The van der Waals surface area contributed by atoms with Gasteiger partial charge in [-0.25, -0.2) is 17.6 Å². The van der Waals surface area contributed by atoms with Crippen LogP contribution in [-0.2, 0) is 23.2 Å². The topological polar surface area (TPSA) is 106 Å². The summed E-state index contributed by atoms with van der Waals surface area (Å²) in [6, 6.07) is 9.07. The number of nitrogens with zero attached hydrogens (tertiary/aromatic N) is 4. The molecule has 2 aromatic heterocycles. The summed E-state index contributed by atoms with van der Waals surface area (Å²) in [6.45, 7) is -0.106. The highest BCUT2D eigenvalue weighted by atomic mass is 32.2. The van der Waals surface area contributed by atoms with Crippen LogP contribution in [0.3, 0.4) is 0 Å². The van der Waals surface area contributed by atoms with E-state index in [1.54, 1.807) is 0 Å². The fourth-order valence-electron chi connectivity index (χ4n) is 4.37. The lowest BCUT2D eigenvalue weighted by Gasteiger charge is -2.30. The zero-order valence-corrected chi connectivity index (χ0v) is 21.0. The number of anilines is 1. The maximum Gasteiger partial charge on any atom is 0.303 e. The summed E-state index contributed by atoms with van der Waals surface area (Å²) in [6.07, 6.45) is 1.49. The van der Waals surface area contributed by atoms with Gasteiger partial charge in [0.1, 0.15) is 11.6 Å². The van der Waals surface area contributed by atoms with E-state index in [1.165, 1.54) is 42.1 Å². The van der Waals surface area contributed by atoms with Crippen molar-refractivity contribution in [2.24, 2.45) is 0 Å². The zero-order chi connectivity index (χ0) is 27.9. The number of aromatic nitrogens is 3. The average molecular weight is 562 g/mol. The zero-order valence-electron chi connectivity index (χ0n) is 20.2. The van der Waals surface area contributed by atoms with Crippen molar-refractivity contribution in [3.63, 3.8) is 0 Å². The summed E-state index contributed by atoms with van der Waals surface area (Å²) < 4.78 is 92.2. The molecule has 0 unspecified atom stereocenters. The Morgan fingerprint density at radius 3 is 2.41 bits per heavy atom. The largest absolute Gasteiger partial charge is 0.495 e. The summed E-state index contributed by atoms with van der Waals surface area (Å²) in [5.41, 5.74) is -0.173. The Kier molecular flexibility index (Phi) is 6.82. The van der Waals surface area contributed by atoms with Crippen molar-refractivity contribution >= 4 is 16.0 Å².